The molecule has 2 aromatic heterocycles. The second-order valence-corrected chi connectivity index (χ2v) is 9.10. The molecule has 3 N–H and O–H groups in total. The van der Waals surface area contributed by atoms with Gasteiger partial charge in [-0.05, 0) is 61.2 Å². The summed E-state index contributed by atoms with van der Waals surface area (Å²) in [6.45, 7) is 1.59. The lowest BCUT2D eigenvalue weighted by Crippen LogP contribution is -2.27. The van der Waals surface area contributed by atoms with Crippen LogP contribution in [0.2, 0.25) is 0 Å². The number of halogens is 3. The van der Waals surface area contributed by atoms with Gasteiger partial charge in [-0.1, -0.05) is 18.2 Å². The van der Waals surface area contributed by atoms with Crippen molar-refractivity contribution in [3.63, 3.8) is 0 Å². The van der Waals surface area contributed by atoms with Crippen molar-refractivity contribution in [2.24, 2.45) is 0 Å². The number of nitrogens with zero attached hydrogens (tertiary/aromatic N) is 2. The summed E-state index contributed by atoms with van der Waals surface area (Å²) >= 11 is 0. The van der Waals surface area contributed by atoms with Gasteiger partial charge >= 0.3 is 6.36 Å². The molecule has 1 fully saturated rings. The number of hydrogen-bond donors (Lipinski definition) is 3. The highest BCUT2D eigenvalue weighted by atomic mass is 19.4. The maximum atomic E-state index is 13.1. The van der Waals surface area contributed by atoms with Crippen LogP contribution in [0.25, 0.3) is 22.0 Å². The molecular weight excluding hydrogens is 515 g/mol. The number of ether oxygens (including phenoxy) is 2. The number of methoxy groups -OCH3 is 1. The second-order valence-electron chi connectivity index (χ2n) is 9.10. The van der Waals surface area contributed by atoms with Crippen LogP contribution in [-0.4, -0.2) is 46.5 Å². The van der Waals surface area contributed by atoms with Crippen molar-refractivity contribution < 1.29 is 33.6 Å². The third-order valence-electron chi connectivity index (χ3n) is 6.18. The first-order valence-corrected chi connectivity index (χ1v) is 12.0. The van der Waals surface area contributed by atoms with Gasteiger partial charge in [0.05, 0.1) is 25.6 Å². The molecule has 0 spiro atoms. The molecule has 2 amide bonds. The van der Waals surface area contributed by atoms with Crippen LogP contribution in [-0.2, 0) is 0 Å². The Labute approximate surface area is 222 Å². The molecule has 9 nitrogen and oxygen atoms in total. The Kier molecular flexibility index (Phi) is 6.51. The van der Waals surface area contributed by atoms with E-state index in [9.17, 15) is 22.8 Å². The zero-order valence-corrected chi connectivity index (χ0v) is 20.8. The predicted molar refractivity (Wildman–Crippen MR) is 135 cm³/mol. The molecule has 4 aromatic rings. The molecule has 0 radical (unpaired) electrons. The topological polar surface area (TPSA) is 118 Å². The third-order valence-corrected chi connectivity index (χ3v) is 6.18. The molecule has 2 aromatic carbocycles. The van der Waals surface area contributed by atoms with Gasteiger partial charge in [-0.2, -0.15) is 5.10 Å². The van der Waals surface area contributed by atoms with Gasteiger partial charge in [0.25, 0.3) is 11.8 Å². The van der Waals surface area contributed by atoms with Crippen LogP contribution in [0, 0.1) is 0 Å². The molecule has 1 atom stereocenters. The van der Waals surface area contributed by atoms with Crippen LogP contribution < -0.4 is 20.1 Å². The minimum Gasteiger partial charge on any atom is -0.481 e. The SMILES string of the molecule is [2H]c1nc(OC)c(-c2ccc3c(C(=O)NC4CC4)n[nH]c3c2)cc1C(=O)NC(C)c1cccc(OC(F)(F)F)c1. The normalized spacial score (nSPS) is 14.4. The van der Waals surface area contributed by atoms with E-state index >= 15 is 0 Å². The van der Waals surface area contributed by atoms with Gasteiger partial charge in [-0.15, -0.1) is 13.2 Å². The number of H-pyrrole nitrogens is 1. The number of benzene rings is 2. The number of fused-ring (bicyclic) bond motifs is 1. The minimum absolute atomic E-state index is 0.0699. The Morgan fingerprint density at radius 2 is 1.95 bits per heavy atom. The second kappa shape index (κ2) is 10.3. The smallest absolute Gasteiger partial charge is 0.481 e. The fourth-order valence-corrected chi connectivity index (χ4v) is 4.07. The number of nitrogens with one attached hydrogen (secondary N) is 3. The van der Waals surface area contributed by atoms with E-state index < -0.39 is 24.1 Å². The van der Waals surface area contributed by atoms with Crippen LogP contribution >= 0.6 is 0 Å². The first kappa shape index (κ1) is 24.7. The summed E-state index contributed by atoms with van der Waals surface area (Å²) in [5.74, 6) is -1.22. The van der Waals surface area contributed by atoms with E-state index in [1.807, 2.05) is 0 Å². The first-order chi connectivity index (χ1) is 19.0. The largest absolute Gasteiger partial charge is 0.573 e. The quantitative estimate of drug-likeness (QED) is 0.292. The fraction of sp³-hybridized carbons (Fsp3) is 0.259. The van der Waals surface area contributed by atoms with Gasteiger partial charge in [0, 0.05) is 23.2 Å². The Morgan fingerprint density at radius 1 is 1.15 bits per heavy atom. The summed E-state index contributed by atoms with van der Waals surface area (Å²) in [5, 5.41) is 13.2. The van der Waals surface area contributed by atoms with E-state index in [2.05, 4.69) is 30.6 Å². The summed E-state index contributed by atoms with van der Waals surface area (Å²) < 4.78 is 55.4. The number of rotatable bonds is 8. The van der Waals surface area contributed by atoms with Crippen molar-refractivity contribution in [1.29, 1.82) is 0 Å². The Hall–Kier alpha value is -4.61. The average molecular weight is 541 g/mol. The van der Waals surface area contributed by atoms with Crippen LogP contribution in [0.1, 0.15) is 53.6 Å². The van der Waals surface area contributed by atoms with Crippen molar-refractivity contribution >= 4 is 22.7 Å². The fourth-order valence-electron chi connectivity index (χ4n) is 4.07. The molecule has 1 unspecified atom stereocenters. The van der Waals surface area contributed by atoms with Gasteiger partial charge in [0.1, 0.15) is 5.75 Å². The Morgan fingerprint density at radius 3 is 2.67 bits per heavy atom. The molecule has 1 aliphatic carbocycles. The lowest BCUT2D eigenvalue weighted by molar-refractivity contribution is -0.274. The maximum Gasteiger partial charge on any atom is 0.573 e. The van der Waals surface area contributed by atoms with E-state index in [4.69, 9.17) is 6.11 Å². The molecule has 1 aliphatic rings. The maximum absolute atomic E-state index is 13.1. The van der Waals surface area contributed by atoms with E-state index in [0.29, 0.717) is 27.6 Å². The van der Waals surface area contributed by atoms with Crippen LogP contribution in [0.15, 0.2) is 54.7 Å². The van der Waals surface area contributed by atoms with Gasteiger partial charge in [0.2, 0.25) is 5.88 Å². The lowest BCUT2D eigenvalue weighted by Gasteiger charge is -2.17. The van der Waals surface area contributed by atoms with Crippen molar-refractivity contribution in [3.05, 3.63) is 71.5 Å². The molecule has 5 rings (SSSR count). The molecule has 0 saturated heterocycles. The Bertz CT molecular complexity index is 1600. The van der Waals surface area contributed by atoms with Crippen LogP contribution in [0.5, 0.6) is 11.6 Å². The predicted octanol–water partition coefficient (Wildman–Crippen LogP) is 4.92. The van der Waals surface area contributed by atoms with Gasteiger partial charge < -0.3 is 20.1 Å². The molecule has 0 bridgehead atoms. The first-order valence-electron chi connectivity index (χ1n) is 12.5. The lowest BCUT2D eigenvalue weighted by atomic mass is 10.0. The summed E-state index contributed by atoms with van der Waals surface area (Å²) in [7, 11) is 1.39. The summed E-state index contributed by atoms with van der Waals surface area (Å²) in [6.07, 6.45) is -3.30. The summed E-state index contributed by atoms with van der Waals surface area (Å²) in [5.41, 5.74) is 2.16. The number of alkyl halides is 3. The number of amides is 2. The van der Waals surface area contributed by atoms with E-state index in [0.717, 1.165) is 18.9 Å². The molecular formula is C27H24F3N5O4. The van der Waals surface area contributed by atoms with E-state index in [-0.39, 0.29) is 35.3 Å². The molecule has 39 heavy (non-hydrogen) atoms. The summed E-state index contributed by atoms with van der Waals surface area (Å²) in [6, 6.07) is 11.4. The van der Waals surface area contributed by atoms with Crippen molar-refractivity contribution in [2.75, 3.05) is 7.11 Å². The van der Waals surface area contributed by atoms with Gasteiger partial charge in [-0.3, -0.25) is 14.7 Å². The number of carbonyl (C=O) groups is 2. The van der Waals surface area contributed by atoms with E-state index in [1.54, 1.807) is 31.2 Å². The monoisotopic (exact) mass is 540 g/mol. The van der Waals surface area contributed by atoms with Gasteiger partial charge in [-0.25, -0.2) is 4.98 Å². The molecule has 2 heterocycles. The standard InChI is InChI=1S/C27H24F3N5O4/c1-14(15-4-3-5-19(10-15)39-27(28,29)30)32-24(36)17-11-21(26(38-2)31-13-17)16-6-9-20-22(12-16)34-35-23(20)25(37)33-18-7-8-18/h3-6,9-14,18H,7-8H2,1-2H3,(H,32,36)(H,33,37)(H,34,35)/i13D. The van der Waals surface area contributed by atoms with Crippen molar-refractivity contribution in [2.45, 2.75) is 38.2 Å². The summed E-state index contributed by atoms with van der Waals surface area (Å²) in [4.78, 5) is 29.8. The molecule has 1 saturated carbocycles. The van der Waals surface area contributed by atoms with Crippen LogP contribution in [0.4, 0.5) is 13.2 Å². The number of pyridine rings is 1. The number of carbonyl (C=O) groups excluding carboxylic acids is 2. The third kappa shape index (κ3) is 5.95. The van der Waals surface area contributed by atoms with Gasteiger partial charge in [0.15, 0.2) is 5.69 Å². The van der Waals surface area contributed by atoms with Crippen molar-refractivity contribution in [1.82, 2.24) is 25.8 Å². The van der Waals surface area contributed by atoms with Crippen molar-refractivity contribution in [3.8, 4) is 22.8 Å². The zero-order chi connectivity index (χ0) is 28.6. The molecule has 12 heteroatoms. The molecule has 0 aliphatic heterocycles. The van der Waals surface area contributed by atoms with E-state index in [1.165, 1.54) is 25.3 Å². The van der Waals surface area contributed by atoms with Crippen LogP contribution in [0.3, 0.4) is 0 Å². The molecule has 202 valence electrons. The zero-order valence-electron chi connectivity index (χ0n) is 21.8. The number of hydrogen-bond acceptors (Lipinski definition) is 6. The number of aromatic amines is 1. The minimum atomic E-state index is -4.85. The average Bonchev–Trinajstić information content (AvgIpc) is 3.61. The Balaban J connectivity index is 1.41. The highest BCUT2D eigenvalue weighted by Crippen LogP contribution is 2.32. The number of aromatic nitrogens is 3. The highest BCUT2D eigenvalue weighted by molar-refractivity contribution is 6.05. The highest BCUT2D eigenvalue weighted by Gasteiger charge is 2.31.